The van der Waals surface area contributed by atoms with Gasteiger partial charge in [-0.1, -0.05) is 6.07 Å². The molecule has 2 unspecified atom stereocenters. The lowest BCUT2D eigenvalue weighted by molar-refractivity contribution is -0.121. The van der Waals surface area contributed by atoms with Gasteiger partial charge in [0.25, 0.3) is 0 Å². The van der Waals surface area contributed by atoms with E-state index in [0.29, 0.717) is 11.6 Å². The Kier molecular flexibility index (Phi) is 5.59. The number of piperidine rings is 1. The molecule has 1 aromatic rings. The molecule has 1 aliphatic heterocycles. The molecule has 1 aromatic carbocycles. The number of benzene rings is 1. The van der Waals surface area contributed by atoms with Crippen LogP contribution in [0.2, 0.25) is 0 Å². The first-order valence-corrected chi connectivity index (χ1v) is 7.61. The second-order valence-electron chi connectivity index (χ2n) is 5.81. The highest BCUT2D eigenvalue weighted by Gasteiger charge is 2.27. The van der Waals surface area contributed by atoms with Crippen LogP contribution in [0.5, 0.6) is 0 Å². The van der Waals surface area contributed by atoms with Crippen LogP contribution < -0.4 is 11.1 Å². The summed E-state index contributed by atoms with van der Waals surface area (Å²) >= 11 is 0. The Hall–Kier alpha value is -1.59. The van der Waals surface area contributed by atoms with Gasteiger partial charge in [-0.15, -0.1) is 0 Å². The number of nitrogens with zero attached hydrogens (tertiary/aromatic N) is 1. The number of hydrogen-bond donors (Lipinski definition) is 3. The van der Waals surface area contributed by atoms with Crippen LogP contribution in [0.1, 0.15) is 26.2 Å². The summed E-state index contributed by atoms with van der Waals surface area (Å²) in [7, 11) is 0. The lowest BCUT2D eigenvalue weighted by Gasteiger charge is -2.36. The molecule has 116 valence electrons. The summed E-state index contributed by atoms with van der Waals surface area (Å²) < 4.78 is 0. The van der Waals surface area contributed by atoms with Crippen LogP contribution in [-0.2, 0) is 4.79 Å². The molecule has 0 radical (unpaired) electrons. The number of amides is 1. The van der Waals surface area contributed by atoms with Crippen molar-refractivity contribution in [1.82, 2.24) is 4.90 Å². The van der Waals surface area contributed by atoms with Gasteiger partial charge in [-0.05, 0) is 56.8 Å². The molecule has 0 bridgehead atoms. The number of nitrogens with two attached hydrogens (primary N) is 1. The highest BCUT2D eigenvalue weighted by atomic mass is 16.3. The number of nitrogen functional groups attached to an aromatic ring is 1. The maximum Gasteiger partial charge on any atom is 0.241 e. The van der Waals surface area contributed by atoms with Gasteiger partial charge in [-0.3, -0.25) is 9.69 Å². The summed E-state index contributed by atoms with van der Waals surface area (Å²) in [6.45, 7) is 3.98. The van der Waals surface area contributed by atoms with E-state index in [-0.39, 0.29) is 18.6 Å². The molecule has 0 aliphatic carbocycles. The predicted octanol–water partition coefficient (Wildman–Crippen LogP) is 1.69. The first-order chi connectivity index (χ1) is 10.1. The third-order valence-electron chi connectivity index (χ3n) is 4.17. The van der Waals surface area contributed by atoms with E-state index in [1.807, 2.05) is 19.1 Å². The van der Waals surface area contributed by atoms with Gasteiger partial charge in [-0.25, -0.2) is 0 Å². The van der Waals surface area contributed by atoms with E-state index in [4.69, 9.17) is 10.8 Å². The number of carbonyl (C=O) groups is 1. The average molecular weight is 291 g/mol. The van der Waals surface area contributed by atoms with Crippen molar-refractivity contribution in [2.24, 2.45) is 5.92 Å². The summed E-state index contributed by atoms with van der Waals surface area (Å²) in [4.78, 5) is 14.5. The van der Waals surface area contributed by atoms with E-state index in [9.17, 15) is 4.79 Å². The fourth-order valence-electron chi connectivity index (χ4n) is 2.90. The molecule has 2 rings (SSSR count). The molecular formula is C16H25N3O2. The average Bonchev–Trinajstić information content (AvgIpc) is 2.47. The van der Waals surface area contributed by atoms with Crippen molar-refractivity contribution in [3.8, 4) is 0 Å². The fourth-order valence-corrected chi connectivity index (χ4v) is 2.90. The molecule has 2 atom stereocenters. The molecule has 1 fully saturated rings. The molecule has 5 heteroatoms. The molecule has 0 spiro atoms. The molecule has 5 nitrogen and oxygen atoms in total. The highest BCUT2D eigenvalue weighted by Crippen LogP contribution is 2.21. The Labute approximate surface area is 126 Å². The van der Waals surface area contributed by atoms with E-state index >= 15 is 0 Å². The molecule has 21 heavy (non-hydrogen) atoms. The minimum absolute atomic E-state index is 0.00903. The van der Waals surface area contributed by atoms with Crippen molar-refractivity contribution in [2.45, 2.75) is 32.2 Å². The van der Waals surface area contributed by atoms with Crippen LogP contribution in [0.3, 0.4) is 0 Å². The van der Waals surface area contributed by atoms with Crippen LogP contribution in [0.15, 0.2) is 24.3 Å². The quantitative estimate of drug-likeness (QED) is 0.721. The lowest BCUT2D eigenvalue weighted by atomic mass is 9.94. The first kappa shape index (κ1) is 15.8. The van der Waals surface area contributed by atoms with E-state index in [0.717, 1.165) is 38.0 Å². The van der Waals surface area contributed by atoms with Gasteiger partial charge in [0, 0.05) is 24.5 Å². The molecule has 0 aromatic heterocycles. The second kappa shape index (κ2) is 7.43. The molecule has 0 saturated carbocycles. The zero-order chi connectivity index (χ0) is 15.2. The van der Waals surface area contributed by atoms with E-state index < -0.39 is 0 Å². The maximum absolute atomic E-state index is 12.3. The number of hydrogen-bond acceptors (Lipinski definition) is 4. The molecular weight excluding hydrogens is 266 g/mol. The number of rotatable bonds is 5. The minimum Gasteiger partial charge on any atom is -0.399 e. The molecule has 4 N–H and O–H groups in total. The molecule has 1 heterocycles. The zero-order valence-corrected chi connectivity index (χ0v) is 12.6. The van der Waals surface area contributed by atoms with Crippen molar-refractivity contribution in [3.63, 3.8) is 0 Å². The topological polar surface area (TPSA) is 78.6 Å². The standard InChI is InChI=1S/C16H25N3O2/c1-12(19-8-3-4-13(11-19)7-9-20)16(21)18-15-6-2-5-14(17)10-15/h2,5-6,10,12-13,20H,3-4,7-9,11,17H2,1H3,(H,18,21). The summed E-state index contributed by atoms with van der Waals surface area (Å²) in [6.07, 6.45) is 3.04. The van der Waals surface area contributed by atoms with Gasteiger partial charge in [0.2, 0.25) is 5.91 Å². The Morgan fingerprint density at radius 2 is 2.38 bits per heavy atom. The smallest absolute Gasteiger partial charge is 0.241 e. The van der Waals surface area contributed by atoms with E-state index in [2.05, 4.69) is 10.2 Å². The van der Waals surface area contributed by atoms with E-state index in [1.165, 1.54) is 0 Å². The van der Waals surface area contributed by atoms with E-state index in [1.54, 1.807) is 12.1 Å². The third kappa shape index (κ3) is 4.44. The van der Waals surface area contributed by atoms with Gasteiger partial charge in [0.15, 0.2) is 0 Å². The minimum atomic E-state index is -0.173. The molecule has 1 aliphatic rings. The van der Waals surface area contributed by atoms with Crippen LogP contribution in [-0.4, -0.2) is 41.7 Å². The van der Waals surface area contributed by atoms with Crippen molar-refractivity contribution >= 4 is 17.3 Å². The largest absolute Gasteiger partial charge is 0.399 e. The first-order valence-electron chi connectivity index (χ1n) is 7.61. The normalized spacial score (nSPS) is 21.0. The van der Waals surface area contributed by atoms with Crippen molar-refractivity contribution in [3.05, 3.63) is 24.3 Å². The summed E-state index contributed by atoms with van der Waals surface area (Å²) in [5.41, 5.74) is 7.09. The summed E-state index contributed by atoms with van der Waals surface area (Å²) in [6, 6.07) is 7.05. The van der Waals surface area contributed by atoms with Crippen LogP contribution in [0.25, 0.3) is 0 Å². The van der Waals surface area contributed by atoms with Gasteiger partial charge in [-0.2, -0.15) is 0 Å². The lowest BCUT2D eigenvalue weighted by Crippen LogP contribution is -2.47. The van der Waals surface area contributed by atoms with Crippen LogP contribution >= 0.6 is 0 Å². The Balaban J connectivity index is 1.92. The maximum atomic E-state index is 12.3. The van der Waals surface area contributed by atoms with Gasteiger partial charge in [0.1, 0.15) is 0 Å². The summed E-state index contributed by atoms with van der Waals surface area (Å²) in [5, 5.41) is 12.0. The second-order valence-corrected chi connectivity index (χ2v) is 5.81. The zero-order valence-electron chi connectivity index (χ0n) is 12.6. The molecule has 1 amide bonds. The Bertz CT molecular complexity index is 476. The summed E-state index contributed by atoms with van der Waals surface area (Å²) in [5.74, 6) is 0.483. The third-order valence-corrected chi connectivity index (χ3v) is 4.17. The fraction of sp³-hybridized carbons (Fsp3) is 0.562. The van der Waals surface area contributed by atoms with Crippen LogP contribution in [0.4, 0.5) is 11.4 Å². The molecule has 1 saturated heterocycles. The van der Waals surface area contributed by atoms with Gasteiger partial charge < -0.3 is 16.2 Å². The number of aliphatic hydroxyl groups excluding tert-OH is 1. The van der Waals surface area contributed by atoms with Crippen molar-refractivity contribution < 1.29 is 9.90 Å². The number of anilines is 2. The predicted molar refractivity (Wildman–Crippen MR) is 84.9 cm³/mol. The Morgan fingerprint density at radius 1 is 1.57 bits per heavy atom. The van der Waals surface area contributed by atoms with Crippen molar-refractivity contribution in [1.29, 1.82) is 0 Å². The van der Waals surface area contributed by atoms with Gasteiger partial charge >= 0.3 is 0 Å². The van der Waals surface area contributed by atoms with Crippen LogP contribution in [0, 0.1) is 5.92 Å². The monoisotopic (exact) mass is 291 g/mol. The Morgan fingerprint density at radius 3 is 3.10 bits per heavy atom. The number of nitrogens with one attached hydrogen (secondary N) is 1. The van der Waals surface area contributed by atoms with Gasteiger partial charge in [0.05, 0.1) is 6.04 Å². The number of aliphatic hydroxyl groups is 1. The number of likely N-dealkylation sites (tertiary alicyclic amines) is 1. The number of carbonyl (C=O) groups excluding carboxylic acids is 1. The SMILES string of the molecule is CC(C(=O)Nc1cccc(N)c1)N1CCCC(CCO)C1. The van der Waals surface area contributed by atoms with Crippen molar-refractivity contribution in [2.75, 3.05) is 30.7 Å². The highest BCUT2D eigenvalue weighted by molar-refractivity contribution is 5.94.